The van der Waals surface area contributed by atoms with E-state index in [9.17, 15) is 9.18 Å². The van der Waals surface area contributed by atoms with Gasteiger partial charge in [0, 0.05) is 17.8 Å². The molecule has 2 rings (SSSR count). The lowest BCUT2D eigenvalue weighted by atomic mass is 10.2. The summed E-state index contributed by atoms with van der Waals surface area (Å²) in [6, 6.07) is 8.48. The van der Waals surface area contributed by atoms with Crippen molar-refractivity contribution in [2.24, 2.45) is 0 Å². The van der Waals surface area contributed by atoms with E-state index in [1.807, 2.05) is 0 Å². The molecule has 0 unspecified atom stereocenters. The Hall–Kier alpha value is -2.08. The number of nitrogens with two attached hydrogens (primary N) is 1. The maximum atomic E-state index is 13.3. The number of halogens is 2. The van der Waals surface area contributed by atoms with E-state index in [0.29, 0.717) is 16.0 Å². The van der Waals surface area contributed by atoms with Crippen LogP contribution in [0.15, 0.2) is 40.9 Å². The Bertz CT molecular complexity index is 646. The van der Waals surface area contributed by atoms with Crippen molar-refractivity contribution >= 4 is 27.6 Å². The predicted octanol–water partition coefficient (Wildman–Crippen LogP) is 3.66. The van der Waals surface area contributed by atoms with Gasteiger partial charge in [0.15, 0.2) is 0 Å². The summed E-state index contributed by atoms with van der Waals surface area (Å²) in [5.41, 5.74) is 5.67. The van der Waals surface area contributed by atoms with Crippen LogP contribution in [0.1, 0.15) is 10.4 Å². The number of carboxylic acids is 1. The molecule has 0 saturated carbocycles. The monoisotopic (exact) mass is 325 g/mol. The molecule has 2 aromatic carbocycles. The van der Waals surface area contributed by atoms with Crippen molar-refractivity contribution in [2.45, 2.75) is 0 Å². The molecular formula is C13H9BrFNO3. The fourth-order valence-corrected chi connectivity index (χ4v) is 1.72. The van der Waals surface area contributed by atoms with Crippen molar-refractivity contribution < 1.29 is 19.0 Å². The maximum Gasteiger partial charge on any atom is 0.337 e. The highest BCUT2D eigenvalue weighted by Gasteiger charge is 2.09. The molecule has 0 heterocycles. The van der Waals surface area contributed by atoms with Gasteiger partial charge in [0.2, 0.25) is 0 Å². The Balaban J connectivity index is 2.26. The smallest absolute Gasteiger partial charge is 0.337 e. The lowest BCUT2D eigenvalue weighted by Crippen LogP contribution is -2.02. The number of nitrogen functional groups attached to an aromatic ring is 1. The van der Waals surface area contributed by atoms with E-state index in [2.05, 4.69) is 15.9 Å². The van der Waals surface area contributed by atoms with Crippen LogP contribution in [0.3, 0.4) is 0 Å². The van der Waals surface area contributed by atoms with E-state index in [1.54, 1.807) is 6.07 Å². The number of anilines is 1. The maximum absolute atomic E-state index is 13.3. The third-order valence-corrected chi connectivity index (χ3v) is 3.02. The number of carboxylic acid groups (broad SMARTS) is 1. The van der Waals surface area contributed by atoms with Crippen molar-refractivity contribution in [3.63, 3.8) is 0 Å². The molecular weight excluding hydrogens is 317 g/mol. The van der Waals surface area contributed by atoms with Crippen LogP contribution in [0.2, 0.25) is 0 Å². The second kappa shape index (κ2) is 5.27. The lowest BCUT2D eigenvalue weighted by Gasteiger charge is -2.08. The second-order valence-corrected chi connectivity index (χ2v) is 4.59. The van der Waals surface area contributed by atoms with Crippen LogP contribution in [-0.2, 0) is 0 Å². The molecule has 4 nitrogen and oxygen atoms in total. The molecule has 0 aliphatic heterocycles. The molecule has 0 fully saturated rings. The molecule has 0 atom stereocenters. The summed E-state index contributed by atoms with van der Waals surface area (Å²) in [5, 5.41) is 8.84. The average Bonchev–Trinajstić information content (AvgIpc) is 2.33. The van der Waals surface area contributed by atoms with E-state index >= 15 is 0 Å². The van der Waals surface area contributed by atoms with Crippen molar-refractivity contribution in [3.05, 3.63) is 52.3 Å². The van der Waals surface area contributed by atoms with Gasteiger partial charge >= 0.3 is 5.97 Å². The molecule has 3 N–H and O–H groups in total. The van der Waals surface area contributed by atoms with Gasteiger partial charge in [-0.3, -0.25) is 0 Å². The van der Waals surface area contributed by atoms with Gasteiger partial charge in [-0.25, -0.2) is 9.18 Å². The topological polar surface area (TPSA) is 72.5 Å². The Labute approximate surface area is 116 Å². The zero-order valence-electron chi connectivity index (χ0n) is 9.56. The minimum absolute atomic E-state index is 0.00524. The average molecular weight is 326 g/mol. The molecule has 0 aromatic heterocycles. The number of aromatic carboxylic acids is 1. The molecule has 0 aliphatic rings. The molecule has 98 valence electrons. The van der Waals surface area contributed by atoms with Gasteiger partial charge in [-0.05, 0) is 40.2 Å². The Morgan fingerprint density at radius 3 is 2.42 bits per heavy atom. The van der Waals surface area contributed by atoms with Gasteiger partial charge in [0.25, 0.3) is 0 Å². The van der Waals surface area contributed by atoms with Crippen LogP contribution >= 0.6 is 15.9 Å². The molecule has 19 heavy (non-hydrogen) atoms. The van der Waals surface area contributed by atoms with E-state index < -0.39 is 11.8 Å². The van der Waals surface area contributed by atoms with Crippen LogP contribution in [-0.4, -0.2) is 11.1 Å². The fourth-order valence-electron chi connectivity index (χ4n) is 1.48. The number of hydrogen-bond acceptors (Lipinski definition) is 3. The highest BCUT2D eigenvalue weighted by Crippen LogP contribution is 2.27. The second-order valence-electron chi connectivity index (χ2n) is 3.73. The molecule has 0 amide bonds. The molecule has 0 radical (unpaired) electrons. The van der Waals surface area contributed by atoms with Gasteiger partial charge in [-0.2, -0.15) is 0 Å². The molecule has 2 aromatic rings. The van der Waals surface area contributed by atoms with Crippen LogP contribution in [0, 0.1) is 5.82 Å². The Kier molecular flexibility index (Phi) is 3.71. The van der Waals surface area contributed by atoms with Crippen molar-refractivity contribution in [1.29, 1.82) is 0 Å². The summed E-state index contributed by atoms with van der Waals surface area (Å²) < 4.78 is 19.0. The van der Waals surface area contributed by atoms with E-state index in [-0.39, 0.29) is 11.3 Å². The predicted molar refractivity (Wildman–Crippen MR) is 72.0 cm³/mol. The summed E-state index contributed by atoms with van der Waals surface area (Å²) in [6.45, 7) is 0. The summed E-state index contributed by atoms with van der Waals surface area (Å²) >= 11 is 3.04. The van der Waals surface area contributed by atoms with Gasteiger partial charge in [-0.1, -0.05) is 0 Å². The summed E-state index contributed by atoms with van der Waals surface area (Å²) in [7, 11) is 0. The first kappa shape index (κ1) is 13.4. The minimum atomic E-state index is -1.11. The van der Waals surface area contributed by atoms with Gasteiger partial charge in [0.05, 0.1) is 10.0 Å². The quantitative estimate of drug-likeness (QED) is 0.844. The first-order valence-corrected chi connectivity index (χ1v) is 6.02. The summed E-state index contributed by atoms with van der Waals surface area (Å²) in [6.07, 6.45) is 0. The van der Waals surface area contributed by atoms with Crippen molar-refractivity contribution in [3.8, 4) is 11.5 Å². The van der Waals surface area contributed by atoms with Crippen LogP contribution in [0.4, 0.5) is 10.1 Å². The largest absolute Gasteiger partial charge is 0.478 e. The molecule has 0 spiro atoms. The minimum Gasteiger partial charge on any atom is -0.478 e. The molecule has 0 bridgehead atoms. The number of rotatable bonds is 3. The number of benzene rings is 2. The van der Waals surface area contributed by atoms with Crippen molar-refractivity contribution in [1.82, 2.24) is 0 Å². The van der Waals surface area contributed by atoms with Gasteiger partial charge < -0.3 is 15.6 Å². The third kappa shape index (κ3) is 3.03. The van der Waals surface area contributed by atoms with Crippen molar-refractivity contribution in [2.75, 3.05) is 5.73 Å². The summed E-state index contributed by atoms with van der Waals surface area (Å²) in [5.74, 6) is -0.932. The number of ether oxygens (including phenoxy) is 1. The highest BCUT2D eigenvalue weighted by atomic mass is 79.9. The van der Waals surface area contributed by atoms with Gasteiger partial charge in [-0.15, -0.1) is 0 Å². The molecule has 6 heteroatoms. The van der Waals surface area contributed by atoms with Crippen LogP contribution in [0.25, 0.3) is 0 Å². The molecule has 0 saturated heterocycles. The SMILES string of the molecule is Nc1cc(Oc2ccc(Br)c(F)c2)ccc1C(=O)O. The number of hydrogen-bond donors (Lipinski definition) is 2. The standard InChI is InChI=1S/C13H9BrFNO3/c14-10-4-2-7(5-11(10)15)19-8-1-3-9(13(17)18)12(16)6-8/h1-6H,16H2,(H,17,18). The van der Waals surface area contributed by atoms with E-state index in [1.165, 1.54) is 30.3 Å². The van der Waals surface area contributed by atoms with Crippen LogP contribution in [0.5, 0.6) is 11.5 Å². The summed E-state index contributed by atoms with van der Waals surface area (Å²) in [4.78, 5) is 10.8. The Morgan fingerprint density at radius 1 is 1.21 bits per heavy atom. The normalized spacial score (nSPS) is 10.2. The number of carbonyl (C=O) groups is 1. The first-order chi connectivity index (χ1) is 8.97. The van der Waals surface area contributed by atoms with E-state index in [0.717, 1.165) is 0 Å². The highest BCUT2D eigenvalue weighted by molar-refractivity contribution is 9.10. The van der Waals surface area contributed by atoms with Gasteiger partial charge in [0.1, 0.15) is 17.3 Å². The Morgan fingerprint density at radius 2 is 1.84 bits per heavy atom. The van der Waals surface area contributed by atoms with E-state index in [4.69, 9.17) is 15.6 Å². The van der Waals surface area contributed by atoms with Crippen LogP contribution < -0.4 is 10.5 Å². The lowest BCUT2D eigenvalue weighted by molar-refractivity contribution is 0.0698. The first-order valence-electron chi connectivity index (χ1n) is 5.23. The third-order valence-electron chi connectivity index (χ3n) is 2.38. The zero-order valence-corrected chi connectivity index (χ0v) is 11.1. The fraction of sp³-hybridized carbons (Fsp3) is 0. The zero-order chi connectivity index (χ0) is 14.0. The molecule has 0 aliphatic carbocycles.